The Morgan fingerprint density at radius 2 is 2.12 bits per heavy atom. The fraction of sp³-hybridized carbons (Fsp3) is 0.667. The molecule has 5 heteroatoms. The second kappa shape index (κ2) is 4.01. The second-order valence-corrected chi connectivity index (χ2v) is 5.06. The van der Waals surface area contributed by atoms with E-state index < -0.39 is 5.60 Å². The van der Waals surface area contributed by atoms with E-state index in [0.717, 1.165) is 5.69 Å². The third-order valence-corrected chi connectivity index (χ3v) is 3.49. The van der Waals surface area contributed by atoms with E-state index in [-0.39, 0.29) is 12.1 Å². The molecule has 0 spiro atoms. The SMILES string of the molecule is Cc1ccnc(C2(O)CC3COCC(C2)N3)n1. The highest BCUT2D eigenvalue weighted by Crippen LogP contribution is 2.34. The Morgan fingerprint density at radius 1 is 1.41 bits per heavy atom. The first-order valence-corrected chi connectivity index (χ1v) is 6.02. The predicted molar refractivity (Wildman–Crippen MR) is 61.4 cm³/mol. The summed E-state index contributed by atoms with van der Waals surface area (Å²) < 4.78 is 5.47. The molecule has 0 aliphatic carbocycles. The molecule has 2 fully saturated rings. The zero-order valence-corrected chi connectivity index (χ0v) is 9.89. The average molecular weight is 235 g/mol. The zero-order chi connectivity index (χ0) is 11.9. The van der Waals surface area contributed by atoms with Gasteiger partial charge in [-0.1, -0.05) is 0 Å². The minimum absolute atomic E-state index is 0.205. The van der Waals surface area contributed by atoms with Crippen LogP contribution in [-0.4, -0.2) is 40.4 Å². The Balaban J connectivity index is 1.90. The summed E-state index contributed by atoms with van der Waals surface area (Å²) in [4.78, 5) is 8.60. The molecule has 3 rings (SSSR count). The van der Waals surface area contributed by atoms with Crippen LogP contribution < -0.4 is 5.32 Å². The second-order valence-electron chi connectivity index (χ2n) is 5.06. The van der Waals surface area contributed by atoms with Gasteiger partial charge in [0, 0.05) is 36.8 Å². The third kappa shape index (κ3) is 2.06. The Hall–Kier alpha value is -1.04. The van der Waals surface area contributed by atoms with Gasteiger partial charge in [-0.25, -0.2) is 9.97 Å². The minimum Gasteiger partial charge on any atom is -0.382 e. The molecule has 2 aliphatic rings. The molecular weight excluding hydrogens is 218 g/mol. The smallest absolute Gasteiger partial charge is 0.160 e. The van der Waals surface area contributed by atoms with E-state index in [1.165, 1.54) is 0 Å². The van der Waals surface area contributed by atoms with Crippen LogP contribution in [0.2, 0.25) is 0 Å². The van der Waals surface area contributed by atoms with Crippen LogP contribution in [0.5, 0.6) is 0 Å². The first kappa shape index (κ1) is 11.1. The number of rotatable bonds is 1. The maximum absolute atomic E-state index is 10.8. The topological polar surface area (TPSA) is 67.3 Å². The Kier molecular flexibility index (Phi) is 2.61. The molecule has 2 aliphatic heterocycles. The number of nitrogens with zero attached hydrogens (tertiary/aromatic N) is 2. The maximum Gasteiger partial charge on any atom is 0.160 e. The molecule has 2 unspecified atom stereocenters. The molecule has 2 bridgehead atoms. The lowest BCUT2D eigenvalue weighted by Crippen LogP contribution is -2.59. The summed E-state index contributed by atoms with van der Waals surface area (Å²) in [5.74, 6) is 0.552. The number of aromatic nitrogens is 2. The van der Waals surface area contributed by atoms with Crippen molar-refractivity contribution in [2.24, 2.45) is 0 Å². The monoisotopic (exact) mass is 235 g/mol. The van der Waals surface area contributed by atoms with Crippen LogP contribution in [0.3, 0.4) is 0 Å². The molecule has 0 saturated carbocycles. The summed E-state index contributed by atoms with van der Waals surface area (Å²) in [6, 6.07) is 2.26. The number of morpholine rings is 1. The molecule has 2 atom stereocenters. The molecule has 92 valence electrons. The number of aryl methyl sites for hydroxylation is 1. The summed E-state index contributed by atoms with van der Waals surface area (Å²) in [6.07, 6.45) is 2.95. The van der Waals surface area contributed by atoms with Crippen LogP contribution >= 0.6 is 0 Å². The van der Waals surface area contributed by atoms with Gasteiger partial charge in [0.1, 0.15) is 5.60 Å². The first-order valence-electron chi connectivity index (χ1n) is 6.02. The van der Waals surface area contributed by atoms with Crippen LogP contribution in [0.25, 0.3) is 0 Å². The predicted octanol–water partition coefficient (Wildman–Crippen LogP) is 0.123. The van der Waals surface area contributed by atoms with E-state index in [0.29, 0.717) is 31.9 Å². The third-order valence-electron chi connectivity index (χ3n) is 3.49. The molecule has 17 heavy (non-hydrogen) atoms. The maximum atomic E-state index is 10.8. The van der Waals surface area contributed by atoms with E-state index in [1.807, 2.05) is 13.0 Å². The van der Waals surface area contributed by atoms with Gasteiger partial charge < -0.3 is 15.2 Å². The molecule has 2 N–H and O–H groups in total. The number of nitrogens with one attached hydrogen (secondary N) is 1. The first-order chi connectivity index (χ1) is 8.16. The quantitative estimate of drug-likeness (QED) is 0.724. The summed E-state index contributed by atoms with van der Waals surface area (Å²) in [5, 5.41) is 14.2. The highest BCUT2D eigenvalue weighted by molar-refractivity contribution is 5.11. The Morgan fingerprint density at radius 3 is 2.76 bits per heavy atom. The number of hydrogen-bond donors (Lipinski definition) is 2. The van der Waals surface area contributed by atoms with E-state index in [2.05, 4.69) is 15.3 Å². The van der Waals surface area contributed by atoms with Crippen LogP contribution in [-0.2, 0) is 10.3 Å². The average Bonchev–Trinajstić information content (AvgIpc) is 2.28. The molecule has 2 saturated heterocycles. The van der Waals surface area contributed by atoms with E-state index in [9.17, 15) is 5.11 Å². The fourth-order valence-corrected chi connectivity index (χ4v) is 2.77. The van der Waals surface area contributed by atoms with Crippen molar-refractivity contribution in [1.82, 2.24) is 15.3 Å². The lowest BCUT2D eigenvalue weighted by molar-refractivity contribution is -0.0848. The van der Waals surface area contributed by atoms with E-state index in [1.54, 1.807) is 6.20 Å². The van der Waals surface area contributed by atoms with Crippen LogP contribution in [0.15, 0.2) is 12.3 Å². The van der Waals surface area contributed by atoms with Crippen LogP contribution in [0, 0.1) is 6.92 Å². The molecule has 5 nitrogen and oxygen atoms in total. The van der Waals surface area contributed by atoms with Crippen molar-refractivity contribution < 1.29 is 9.84 Å². The number of hydrogen-bond acceptors (Lipinski definition) is 5. The summed E-state index contributed by atoms with van der Waals surface area (Å²) in [6.45, 7) is 3.23. The van der Waals surface area contributed by atoms with Crippen molar-refractivity contribution in [1.29, 1.82) is 0 Å². The van der Waals surface area contributed by atoms with Gasteiger partial charge in [0.25, 0.3) is 0 Å². The standard InChI is InChI=1S/C12H17N3O2/c1-8-2-3-13-11(14-8)12(16)4-9-6-17-7-10(5-12)15-9/h2-3,9-10,15-16H,4-7H2,1H3. The molecule has 0 aromatic carbocycles. The molecule has 1 aromatic rings. The van der Waals surface area contributed by atoms with E-state index >= 15 is 0 Å². The number of ether oxygens (including phenoxy) is 1. The van der Waals surface area contributed by atoms with Gasteiger partial charge in [-0.3, -0.25) is 0 Å². The van der Waals surface area contributed by atoms with Crippen LogP contribution in [0.1, 0.15) is 24.4 Å². The van der Waals surface area contributed by atoms with E-state index in [4.69, 9.17) is 4.74 Å². The fourth-order valence-electron chi connectivity index (χ4n) is 2.77. The molecule has 3 heterocycles. The Labute approximate surface area is 100 Å². The van der Waals surface area contributed by atoms with Crippen molar-refractivity contribution in [3.8, 4) is 0 Å². The lowest BCUT2D eigenvalue weighted by atomic mass is 9.82. The number of fused-ring (bicyclic) bond motifs is 2. The van der Waals surface area contributed by atoms with Gasteiger partial charge in [-0.15, -0.1) is 0 Å². The summed E-state index contributed by atoms with van der Waals surface area (Å²) in [7, 11) is 0. The highest BCUT2D eigenvalue weighted by atomic mass is 16.5. The van der Waals surface area contributed by atoms with Crippen molar-refractivity contribution in [2.45, 2.75) is 37.5 Å². The van der Waals surface area contributed by atoms with Gasteiger partial charge >= 0.3 is 0 Å². The van der Waals surface area contributed by atoms with Crippen LogP contribution in [0.4, 0.5) is 0 Å². The number of piperidine rings is 1. The lowest BCUT2D eigenvalue weighted by Gasteiger charge is -2.44. The van der Waals surface area contributed by atoms with Gasteiger partial charge in [-0.2, -0.15) is 0 Å². The zero-order valence-electron chi connectivity index (χ0n) is 9.89. The summed E-state index contributed by atoms with van der Waals surface area (Å²) in [5.41, 5.74) is -0.0144. The van der Waals surface area contributed by atoms with Gasteiger partial charge in [0.2, 0.25) is 0 Å². The van der Waals surface area contributed by atoms with Crippen molar-refractivity contribution in [3.63, 3.8) is 0 Å². The molecule has 1 aromatic heterocycles. The summed E-state index contributed by atoms with van der Waals surface area (Å²) >= 11 is 0. The normalized spacial score (nSPS) is 36.8. The van der Waals surface area contributed by atoms with Gasteiger partial charge in [-0.05, 0) is 13.0 Å². The van der Waals surface area contributed by atoms with Gasteiger partial charge in [0.15, 0.2) is 5.82 Å². The van der Waals surface area contributed by atoms with Gasteiger partial charge in [0.05, 0.1) is 13.2 Å². The molecular formula is C12H17N3O2. The van der Waals surface area contributed by atoms with Crippen molar-refractivity contribution in [2.75, 3.05) is 13.2 Å². The largest absolute Gasteiger partial charge is 0.382 e. The highest BCUT2D eigenvalue weighted by Gasteiger charge is 2.44. The van der Waals surface area contributed by atoms with Crippen molar-refractivity contribution in [3.05, 3.63) is 23.8 Å². The minimum atomic E-state index is -0.906. The number of aliphatic hydroxyl groups is 1. The van der Waals surface area contributed by atoms with Crippen molar-refractivity contribution >= 4 is 0 Å². The molecule has 0 radical (unpaired) electrons. The molecule has 0 amide bonds. The Bertz CT molecular complexity index is 412.